The fourth-order valence-electron chi connectivity index (χ4n) is 1.91. The van der Waals surface area contributed by atoms with Crippen LogP contribution in [0.2, 0.25) is 0 Å². The van der Waals surface area contributed by atoms with E-state index in [4.69, 9.17) is 19.3 Å². The molecule has 0 radical (unpaired) electrons. The Bertz CT molecular complexity index is 412. The molecule has 0 unspecified atom stereocenters. The molecule has 5 nitrogen and oxygen atoms in total. The predicted molar refractivity (Wildman–Crippen MR) is 68.0 cm³/mol. The molecular formula is C14H18O5. The molecule has 1 aromatic rings. The van der Waals surface area contributed by atoms with Crippen LogP contribution in [0, 0.1) is 0 Å². The molecule has 0 aromatic heterocycles. The summed E-state index contributed by atoms with van der Waals surface area (Å²) in [5.74, 6) is -0.919. The SMILES string of the molecule is O=C(O)c1cccc(COCCCC2OCCO2)c1. The van der Waals surface area contributed by atoms with Crippen LogP contribution in [-0.2, 0) is 20.8 Å². The summed E-state index contributed by atoms with van der Waals surface area (Å²) in [5.41, 5.74) is 1.15. The van der Waals surface area contributed by atoms with Gasteiger partial charge in [0.15, 0.2) is 6.29 Å². The lowest BCUT2D eigenvalue weighted by Gasteiger charge is -2.09. The largest absolute Gasteiger partial charge is 0.478 e. The van der Waals surface area contributed by atoms with Crippen LogP contribution in [0.5, 0.6) is 0 Å². The van der Waals surface area contributed by atoms with Crippen LogP contribution in [0.3, 0.4) is 0 Å². The molecule has 0 saturated carbocycles. The molecular weight excluding hydrogens is 248 g/mol. The Morgan fingerprint density at radius 2 is 2.16 bits per heavy atom. The molecule has 1 saturated heterocycles. The van der Waals surface area contributed by atoms with Crippen molar-refractivity contribution >= 4 is 5.97 Å². The fourth-order valence-corrected chi connectivity index (χ4v) is 1.91. The van der Waals surface area contributed by atoms with Crippen molar-refractivity contribution in [2.75, 3.05) is 19.8 Å². The van der Waals surface area contributed by atoms with Gasteiger partial charge in [-0.05, 0) is 24.1 Å². The molecule has 1 aromatic carbocycles. The highest BCUT2D eigenvalue weighted by Gasteiger charge is 2.14. The van der Waals surface area contributed by atoms with Gasteiger partial charge < -0.3 is 19.3 Å². The molecule has 104 valence electrons. The van der Waals surface area contributed by atoms with Crippen molar-refractivity contribution in [3.8, 4) is 0 Å². The maximum Gasteiger partial charge on any atom is 0.335 e. The Hall–Kier alpha value is -1.43. The summed E-state index contributed by atoms with van der Waals surface area (Å²) < 4.78 is 16.1. The minimum atomic E-state index is -0.919. The van der Waals surface area contributed by atoms with E-state index in [9.17, 15) is 4.79 Å². The quantitative estimate of drug-likeness (QED) is 0.765. The summed E-state index contributed by atoms with van der Waals surface area (Å²) in [7, 11) is 0. The Kier molecular flexibility index (Phi) is 5.32. The molecule has 1 fully saturated rings. The van der Waals surface area contributed by atoms with E-state index < -0.39 is 5.97 Å². The van der Waals surface area contributed by atoms with Crippen molar-refractivity contribution in [1.29, 1.82) is 0 Å². The van der Waals surface area contributed by atoms with Crippen molar-refractivity contribution in [3.05, 3.63) is 35.4 Å². The van der Waals surface area contributed by atoms with E-state index in [0.717, 1.165) is 18.4 Å². The van der Waals surface area contributed by atoms with Crippen LogP contribution < -0.4 is 0 Å². The van der Waals surface area contributed by atoms with Gasteiger partial charge in [0.25, 0.3) is 0 Å². The maximum atomic E-state index is 10.8. The topological polar surface area (TPSA) is 65.0 Å². The molecule has 1 aliphatic rings. The van der Waals surface area contributed by atoms with E-state index in [1.165, 1.54) is 0 Å². The Balaban J connectivity index is 1.64. The highest BCUT2D eigenvalue weighted by molar-refractivity contribution is 5.87. The van der Waals surface area contributed by atoms with Crippen molar-refractivity contribution in [2.45, 2.75) is 25.7 Å². The minimum absolute atomic E-state index is 0.0843. The number of carboxylic acid groups (broad SMARTS) is 1. The van der Waals surface area contributed by atoms with Gasteiger partial charge in [-0.25, -0.2) is 4.79 Å². The molecule has 19 heavy (non-hydrogen) atoms. The number of rotatable bonds is 7. The van der Waals surface area contributed by atoms with Gasteiger partial charge in [0.2, 0.25) is 0 Å². The summed E-state index contributed by atoms with van der Waals surface area (Å²) in [6, 6.07) is 6.78. The Morgan fingerprint density at radius 1 is 1.37 bits per heavy atom. The van der Waals surface area contributed by atoms with Crippen molar-refractivity contribution < 1.29 is 24.1 Å². The molecule has 1 N–H and O–H groups in total. The number of carbonyl (C=O) groups is 1. The first-order valence-corrected chi connectivity index (χ1v) is 6.39. The Labute approximate surface area is 112 Å². The lowest BCUT2D eigenvalue weighted by Crippen LogP contribution is -2.08. The van der Waals surface area contributed by atoms with Crippen LogP contribution in [-0.4, -0.2) is 37.2 Å². The van der Waals surface area contributed by atoms with Crippen molar-refractivity contribution in [2.24, 2.45) is 0 Å². The standard InChI is InChI=1S/C14H18O5/c15-14(16)12-4-1-3-11(9-12)10-17-6-2-5-13-18-7-8-19-13/h1,3-4,9,13H,2,5-8,10H2,(H,15,16). The number of ether oxygens (including phenoxy) is 3. The van der Waals surface area contributed by atoms with Crippen LogP contribution in [0.15, 0.2) is 24.3 Å². The zero-order valence-electron chi connectivity index (χ0n) is 10.7. The van der Waals surface area contributed by atoms with Crippen LogP contribution in [0.4, 0.5) is 0 Å². The average Bonchev–Trinajstić information content (AvgIpc) is 2.92. The highest BCUT2D eigenvalue weighted by Crippen LogP contribution is 2.11. The summed E-state index contributed by atoms with van der Waals surface area (Å²) in [6.45, 7) is 2.38. The maximum absolute atomic E-state index is 10.8. The van der Waals surface area contributed by atoms with Gasteiger partial charge in [-0.1, -0.05) is 12.1 Å². The van der Waals surface area contributed by atoms with E-state index in [2.05, 4.69) is 0 Å². The van der Waals surface area contributed by atoms with Gasteiger partial charge in [0.1, 0.15) is 0 Å². The van der Waals surface area contributed by atoms with E-state index in [1.54, 1.807) is 18.2 Å². The molecule has 1 heterocycles. The average molecular weight is 266 g/mol. The smallest absolute Gasteiger partial charge is 0.335 e. The molecule has 5 heteroatoms. The molecule has 2 rings (SSSR count). The number of carboxylic acids is 1. The lowest BCUT2D eigenvalue weighted by atomic mass is 10.1. The molecule has 1 aliphatic heterocycles. The first-order valence-electron chi connectivity index (χ1n) is 6.39. The van der Waals surface area contributed by atoms with E-state index in [0.29, 0.717) is 26.4 Å². The fraction of sp³-hybridized carbons (Fsp3) is 0.500. The van der Waals surface area contributed by atoms with Crippen molar-refractivity contribution in [3.63, 3.8) is 0 Å². The van der Waals surface area contributed by atoms with Crippen LogP contribution in [0.1, 0.15) is 28.8 Å². The second-order valence-corrected chi connectivity index (χ2v) is 4.37. The number of aromatic carboxylic acids is 1. The third-order valence-corrected chi connectivity index (χ3v) is 2.86. The van der Waals surface area contributed by atoms with Gasteiger partial charge in [-0.15, -0.1) is 0 Å². The summed E-state index contributed by atoms with van der Waals surface area (Å²) in [6.07, 6.45) is 1.61. The molecule has 0 bridgehead atoms. The van der Waals surface area contributed by atoms with Gasteiger partial charge >= 0.3 is 5.97 Å². The number of benzene rings is 1. The van der Waals surface area contributed by atoms with Crippen LogP contribution >= 0.6 is 0 Å². The van der Waals surface area contributed by atoms with Gasteiger partial charge in [0, 0.05) is 13.0 Å². The van der Waals surface area contributed by atoms with Gasteiger partial charge in [-0.3, -0.25) is 0 Å². The highest BCUT2D eigenvalue weighted by atomic mass is 16.7. The van der Waals surface area contributed by atoms with Crippen LogP contribution in [0.25, 0.3) is 0 Å². The minimum Gasteiger partial charge on any atom is -0.478 e. The Morgan fingerprint density at radius 3 is 2.89 bits per heavy atom. The lowest BCUT2D eigenvalue weighted by molar-refractivity contribution is -0.0520. The molecule has 0 spiro atoms. The molecule has 0 amide bonds. The van der Waals surface area contributed by atoms with E-state index >= 15 is 0 Å². The second kappa shape index (κ2) is 7.23. The predicted octanol–water partition coefficient (Wildman–Crippen LogP) is 2.05. The summed E-state index contributed by atoms with van der Waals surface area (Å²) in [4.78, 5) is 10.8. The number of hydrogen-bond donors (Lipinski definition) is 1. The molecule has 0 atom stereocenters. The first-order chi connectivity index (χ1) is 9.25. The zero-order valence-corrected chi connectivity index (χ0v) is 10.7. The number of hydrogen-bond acceptors (Lipinski definition) is 4. The normalized spacial score (nSPS) is 15.8. The monoisotopic (exact) mass is 266 g/mol. The van der Waals surface area contributed by atoms with E-state index in [1.807, 2.05) is 6.07 Å². The second-order valence-electron chi connectivity index (χ2n) is 4.37. The van der Waals surface area contributed by atoms with E-state index in [-0.39, 0.29) is 11.9 Å². The summed E-state index contributed by atoms with van der Waals surface area (Å²) in [5, 5.41) is 8.87. The third kappa shape index (κ3) is 4.63. The van der Waals surface area contributed by atoms with Gasteiger partial charge in [0.05, 0.1) is 25.4 Å². The summed E-state index contributed by atoms with van der Waals surface area (Å²) >= 11 is 0. The van der Waals surface area contributed by atoms with Gasteiger partial charge in [-0.2, -0.15) is 0 Å². The zero-order chi connectivity index (χ0) is 13.5. The van der Waals surface area contributed by atoms with Crippen molar-refractivity contribution in [1.82, 2.24) is 0 Å². The molecule has 0 aliphatic carbocycles. The third-order valence-electron chi connectivity index (χ3n) is 2.86. The first kappa shape index (κ1) is 14.0.